The number of methoxy groups -OCH3 is 1. The largest absolute Gasteiger partial charge is 0.383 e. The van der Waals surface area contributed by atoms with Crippen molar-refractivity contribution in [2.24, 2.45) is 0 Å². The molecule has 26 heavy (non-hydrogen) atoms. The number of nitrogens with zero attached hydrogens (tertiary/aromatic N) is 1. The van der Waals surface area contributed by atoms with E-state index in [0.717, 1.165) is 11.3 Å². The molecule has 2 aromatic rings. The number of carbonyl (C=O) groups is 2. The lowest BCUT2D eigenvalue weighted by Crippen LogP contribution is -2.43. The molecule has 8 nitrogen and oxygen atoms in total. The normalized spacial score (nSPS) is 12.3. The van der Waals surface area contributed by atoms with E-state index >= 15 is 0 Å². The van der Waals surface area contributed by atoms with E-state index in [1.807, 2.05) is 0 Å². The summed E-state index contributed by atoms with van der Waals surface area (Å²) in [6.45, 7) is 0.203. The van der Waals surface area contributed by atoms with Crippen LogP contribution in [-0.4, -0.2) is 52.0 Å². The van der Waals surface area contributed by atoms with Crippen molar-refractivity contribution in [3.05, 3.63) is 47.6 Å². The first-order valence-electron chi connectivity index (χ1n) is 7.69. The first-order valence-corrected chi connectivity index (χ1v) is 10.1. The standard InChI is InChI=1S/C16H19N3O5S2/c1-24-8-7-18-15(20)16(21)19-11-13(12-4-2-6-17-10-12)26(22,23)14-5-3-9-25-14/h2-6,9-10,13H,7-8,11H2,1H3,(H,18,20)(H,19,21)/t13-/m0/s1. The topological polar surface area (TPSA) is 114 Å². The van der Waals surface area contributed by atoms with E-state index < -0.39 is 26.9 Å². The lowest BCUT2D eigenvalue weighted by Gasteiger charge is -2.17. The van der Waals surface area contributed by atoms with Gasteiger partial charge in [-0.2, -0.15) is 0 Å². The van der Waals surface area contributed by atoms with Crippen molar-refractivity contribution in [1.82, 2.24) is 15.6 Å². The van der Waals surface area contributed by atoms with Crippen LogP contribution >= 0.6 is 11.3 Å². The van der Waals surface area contributed by atoms with E-state index in [9.17, 15) is 18.0 Å². The third-order valence-corrected chi connectivity index (χ3v) is 6.98. The van der Waals surface area contributed by atoms with E-state index in [1.165, 1.54) is 25.6 Å². The second kappa shape index (κ2) is 9.41. The second-order valence-electron chi connectivity index (χ2n) is 5.21. The van der Waals surface area contributed by atoms with Gasteiger partial charge in [0, 0.05) is 32.6 Å². The minimum absolute atomic E-state index is 0.183. The van der Waals surface area contributed by atoms with Crippen molar-refractivity contribution in [1.29, 1.82) is 0 Å². The Morgan fingerprint density at radius 3 is 2.62 bits per heavy atom. The molecule has 0 aliphatic carbocycles. The van der Waals surface area contributed by atoms with Crippen molar-refractivity contribution in [3.8, 4) is 0 Å². The Morgan fingerprint density at radius 1 is 1.23 bits per heavy atom. The fourth-order valence-electron chi connectivity index (χ4n) is 2.15. The summed E-state index contributed by atoms with van der Waals surface area (Å²) in [4.78, 5) is 27.6. The molecule has 0 bridgehead atoms. The highest BCUT2D eigenvalue weighted by Gasteiger charge is 2.31. The lowest BCUT2D eigenvalue weighted by molar-refractivity contribution is -0.139. The quantitative estimate of drug-likeness (QED) is 0.496. The number of carbonyl (C=O) groups excluding carboxylic acids is 2. The SMILES string of the molecule is COCCNC(=O)C(=O)NC[C@@H](c1cccnc1)S(=O)(=O)c1cccs1. The molecule has 2 aromatic heterocycles. The fraction of sp³-hybridized carbons (Fsp3) is 0.312. The maximum absolute atomic E-state index is 12.9. The summed E-state index contributed by atoms with van der Waals surface area (Å²) < 4.78 is 30.8. The monoisotopic (exact) mass is 397 g/mol. The van der Waals surface area contributed by atoms with Crippen LogP contribution < -0.4 is 10.6 Å². The number of aromatic nitrogens is 1. The van der Waals surface area contributed by atoms with Gasteiger partial charge < -0.3 is 15.4 Å². The number of hydrogen-bond acceptors (Lipinski definition) is 7. The number of ether oxygens (including phenoxy) is 1. The smallest absolute Gasteiger partial charge is 0.309 e. The molecule has 0 unspecified atom stereocenters. The maximum atomic E-state index is 12.9. The maximum Gasteiger partial charge on any atom is 0.309 e. The zero-order valence-corrected chi connectivity index (χ0v) is 15.7. The molecule has 2 amide bonds. The van der Waals surface area contributed by atoms with Crippen LogP contribution in [0.4, 0.5) is 0 Å². The van der Waals surface area contributed by atoms with Gasteiger partial charge in [-0.25, -0.2) is 8.42 Å². The number of amides is 2. The van der Waals surface area contributed by atoms with E-state index in [4.69, 9.17) is 4.74 Å². The zero-order chi connectivity index (χ0) is 19.0. The Morgan fingerprint density at radius 2 is 2.00 bits per heavy atom. The molecule has 2 heterocycles. The molecule has 0 aromatic carbocycles. The third kappa shape index (κ3) is 5.10. The highest BCUT2D eigenvalue weighted by molar-refractivity contribution is 7.93. The minimum atomic E-state index is -3.74. The molecule has 0 radical (unpaired) electrons. The highest BCUT2D eigenvalue weighted by atomic mass is 32.2. The van der Waals surface area contributed by atoms with Gasteiger partial charge in [-0.1, -0.05) is 12.1 Å². The lowest BCUT2D eigenvalue weighted by atomic mass is 10.2. The van der Waals surface area contributed by atoms with Crippen LogP contribution in [-0.2, 0) is 24.2 Å². The van der Waals surface area contributed by atoms with Gasteiger partial charge in [0.1, 0.15) is 9.46 Å². The number of rotatable bonds is 8. The molecule has 1 atom stereocenters. The summed E-state index contributed by atoms with van der Waals surface area (Å²) in [5.74, 6) is -1.75. The van der Waals surface area contributed by atoms with Gasteiger partial charge in [0.05, 0.1) is 6.61 Å². The average Bonchev–Trinajstić information content (AvgIpc) is 3.18. The first kappa shape index (κ1) is 20.0. The third-order valence-electron chi connectivity index (χ3n) is 3.45. The number of sulfone groups is 1. The summed E-state index contributed by atoms with van der Waals surface area (Å²) in [6, 6.07) is 6.38. The van der Waals surface area contributed by atoms with Gasteiger partial charge in [0.25, 0.3) is 0 Å². The van der Waals surface area contributed by atoms with Crippen LogP contribution in [0.5, 0.6) is 0 Å². The summed E-state index contributed by atoms with van der Waals surface area (Å²) in [7, 11) is -2.27. The van der Waals surface area contributed by atoms with Gasteiger partial charge in [0.15, 0.2) is 9.84 Å². The molecule has 140 valence electrons. The van der Waals surface area contributed by atoms with Crippen LogP contribution in [0.1, 0.15) is 10.8 Å². The number of nitrogens with one attached hydrogen (secondary N) is 2. The van der Waals surface area contributed by atoms with Crippen LogP contribution in [0, 0.1) is 0 Å². The summed E-state index contributed by atoms with van der Waals surface area (Å²) in [5.41, 5.74) is 0.431. The first-order chi connectivity index (χ1) is 12.5. The van der Waals surface area contributed by atoms with Crippen LogP contribution in [0.15, 0.2) is 46.2 Å². The van der Waals surface area contributed by atoms with E-state index in [-0.39, 0.29) is 23.9 Å². The molecule has 0 saturated carbocycles. The van der Waals surface area contributed by atoms with Gasteiger partial charge >= 0.3 is 11.8 Å². The zero-order valence-electron chi connectivity index (χ0n) is 14.0. The molecular weight excluding hydrogens is 378 g/mol. The summed E-state index contributed by atoms with van der Waals surface area (Å²) >= 11 is 1.09. The van der Waals surface area contributed by atoms with Crippen molar-refractivity contribution in [3.63, 3.8) is 0 Å². The van der Waals surface area contributed by atoms with Gasteiger partial charge in [-0.3, -0.25) is 14.6 Å². The van der Waals surface area contributed by atoms with Crippen molar-refractivity contribution in [2.45, 2.75) is 9.46 Å². The number of hydrogen-bond donors (Lipinski definition) is 2. The Balaban J connectivity index is 2.14. The van der Waals surface area contributed by atoms with E-state index in [0.29, 0.717) is 5.56 Å². The summed E-state index contributed by atoms with van der Waals surface area (Å²) in [6.07, 6.45) is 2.96. The molecule has 0 fully saturated rings. The molecule has 0 aliphatic heterocycles. The molecule has 0 spiro atoms. The fourth-order valence-corrected chi connectivity index (χ4v) is 5.00. The summed E-state index contributed by atoms with van der Waals surface area (Å²) in [5, 5.41) is 5.37. The predicted octanol–water partition coefficient (Wildman–Crippen LogP) is 0.537. The average molecular weight is 397 g/mol. The van der Waals surface area contributed by atoms with Gasteiger partial charge in [-0.05, 0) is 23.1 Å². The molecule has 0 aliphatic rings. The van der Waals surface area contributed by atoms with Crippen molar-refractivity contribution >= 4 is 33.0 Å². The van der Waals surface area contributed by atoms with Gasteiger partial charge in [-0.15, -0.1) is 11.3 Å². The van der Waals surface area contributed by atoms with E-state index in [1.54, 1.807) is 23.6 Å². The predicted molar refractivity (Wildman–Crippen MR) is 96.4 cm³/mol. The molecule has 0 saturated heterocycles. The Kier molecular flexibility index (Phi) is 7.25. The minimum Gasteiger partial charge on any atom is -0.383 e. The van der Waals surface area contributed by atoms with E-state index in [2.05, 4.69) is 15.6 Å². The number of thiophene rings is 1. The van der Waals surface area contributed by atoms with Crippen LogP contribution in [0.25, 0.3) is 0 Å². The highest BCUT2D eigenvalue weighted by Crippen LogP contribution is 2.30. The van der Waals surface area contributed by atoms with Crippen molar-refractivity contribution < 1.29 is 22.7 Å². The van der Waals surface area contributed by atoms with Crippen molar-refractivity contribution in [2.75, 3.05) is 26.8 Å². The van der Waals surface area contributed by atoms with Crippen LogP contribution in [0.2, 0.25) is 0 Å². The Bertz CT molecular complexity index is 823. The van der Waals surface area contributed by atoms with Crippen LogP contribution in [0.3, 0.4) is 0 Å². The Labute approximate surface area is 155 Å². The second-order valence-corrected chi connectivity index (χ2v) is 8.52. The molecule has 2 N–H and O–H groups in total. The van der Waals surface area contributed by atoms with Gasteiger partial charge in [0.2, 0.25) is 0 Å². The Hall–Kier alpha value is -2.30. The number of pyridine rings is 1. The molecule has 10 heteroatoms. The molecule has 2 rings (SSSR count). The molecular formula is C16H19N3O5S2.